The smallest absolute Gasteiger partial charge is 0.202 e. The van der Waals surface area contributed by atoms with E-state index in [1.165, 1.54) is 11.5 Å². The van der Waals surface area contributed by atoms with Gasteiger partial charge in [-0.25, -0.2) is 0 Å². The van der Waals surface area contributed by atoms with Crippen molar-refractivity contribution in [3.63, 3.8) is 0 Å². The average Bonchev–Trinajstić information content (AvgIpc) is 2.67. The first kappa shape index (κ1) is 9.36. The molecular formula is C8H7ClN4S. The number of hydrogen-bond donors (Lipinski definition) is 1. The quantitative estimate of drug-likeness (QED) is 0.854. The lowest BCUT2D eigenvalue weighted by Crippen LogP contribution is -1.88. The van der Waals surface area contributed by atoms with E-state index in [2.05, 4.69) is 19.7 Å². The van der Waals surface area contributed by atoms with Gasteiger partial charge in [-0.2, -0.15) is 9.36 Å². The van der Waals surface area contributed by atoms with Gasteiger partial charge >= 0.3 is 0 Å². The minimum Gasteiger partial charge on any atom is -0.363 e. The van der Waals surface area contributed by atoms with E-state index in [0.717, 1.165) is 5.13 Å². The van der Waals surface area contributed by atoms with Gasteiger partial charge < -0.3 is 5.32 Å². The Morgan fingerprint density at radius 1 is 1.50 bits per heavy atom. The molecule has 1 N–H and O–H groups in total. The summed E-state index contributed by atoms with van der Waals surface area (Å²) in [7, 11) is 1.80. The van der Waals surface area contributed by atoms with Crippen LogP contribution in [0.1, 0.15) is 0 Å². The Kier molecular flexibility index (Phi) is 2.60. The summed E-state index contributed by atoms with van der Waals surface area (Å²) in [5, 5.41) is 4.23. The molecule has 0 aromatic carbocycles. The third-order valence-electron chi connectivity index (χ3n) is 1.61. The number of anilines is 1. The van der Waals surface area contributed by atoms with Crippen LogP contribution in [0.15, 0.2) is 18.3 Å². The highest BCUT2D eigenvalue weighted by atomic mass is 35.5. The monoisotopic (exact) mass is 226 g/mol. The first-order valence-electron chi connectivity index (χ1n) is 3.93. The van der Waals surface area contributed by atoms with Crippen LogP contribution in [0.4, 0.5) is 5.13 Å². The van der Waals surface area contributed by atoms with E-state index in [0.29, 0.717) is 16.5 Å². The lowest BCUT2D eigenvalue weighted by atomic mass is 10.3. The number of hydrogen-bond acceptors (Lipinski definition) is 5. The van der Waals surface area contributed by atoms with Crippen molar-refractivity contribution in [1.29, 1.82) is 0 Å². The molecule has 4 nitrogen and oxygen atoms in total. The first-order valence-corrected chi connectivity index (χ1v) is 5.09. The van der Waals surface area contributed by atoms with Gasteiger partial charge in [0, 0.05) is 24.8 Å². The molecule has 0 spiro atoms. The normalized spacial score (nSPS) is 10.1. The molecule has 2 aromatic rings. The summed E-state index contributed by atoms with van der Waals surface area (Å²) in [6, 6.07) is 3.54. The van der Waals surface area contributed by atoms with E-state index < -0.39 is 0 Å². The number of nitrogens with zero attached hydrogens (tertiary/aromatic N) is 3. The van der Waals surface area contributed by atoms with Gasteiger partial charge in [-0.15, -0.1) is 0 Å². The van der Waals surface area contributed by atoms with Crippen LogP contribution in [0.25, 0.3) is 11.5 Å². The van der Waals surface area contributed by atoms with Gasteiger partial charge in [0.15, 0.2) is 5.82 Å². The highest BCUT2D eigenvalue weighted by Crippen LogP contribution is 2.24. The van der Waals surface area contributed by atoms with E-state index in [-0.39, 0.29) is 0 Å². The zero-order chi connectivity index (χ0) is 9.97. The molecule has 0 atom stereocenters. The molecule has 0 amide bonds. The molecule has 0 bridgehead atoms. The van der Waals surface area contributed by atoms with Gasteiger partial charge in [0.25, 0.3) is 0 Å². The summed E-state index contributed by atoms with van der Waals surface area (Å²) >= 11 is 7.24. The van der Waals surface area contributed by atoms with Crippen LogP contribution in [0.3, 0.4) is 0 Å². The Bertz CT molecular complexity index is 442. The van der Waals surface area contributed by atoms with Crippen LogP contribution in [0.2, 0.25) is 5.02 Å². The zero-order valence-corrected chi connectivity index (χ0v) is 8.93. The van der Waals surface area contributed by atoms with Crippen LogP contribution in [-0.4, -0.2) is 21.4 Å². The molecule has 0 radical (unpaired) electrons. The van der Waals surface area contributed by atoms with Crippen LogP contribution in [-0.2, 0) is 0 Å². The van der Waals surface area contributed by atoms with Crippen molar-refractivity contribution in [3.05, 3.63) is 23.4 Å². The number of rotatable bonds is 2. The van der Waals surface area contributed by atoms with Gasteiger partial charge in [-0.1, -0.05) is 11.6 Å². The predicted octanol–water partition coefficient (Wildman–Crippen LogP) is 2.30. The highest BCUT2D eigenvalue weighted by Gasteiger charge is 2.09. The van der Waals surface area contributed by atoms with Crippen LogP contribution in [0, 0.1) is 0 Å². The second-order valence-electron chi connectivity index (χ2n) is 2.51. The lowest BCUT2D eigenvalue weighted by Gasteiger charge is -1.95. The van der Waals surface area contributed by atoms with Crippen molar-refractivity contribution >= 4 is 28.3 Å². The first-order chi connectivity index (χ1) is 6.81. The Labute approximate surface area is 90.1 Å². The Morgan fingerprint density at radius 2 is 2.36 bits per heavy atom. The lowest BCUT2D eigenvalue weighted by molar-refractivity contribution is 1.23. The van der Waals surface area contributed by atoms with Crippen molar-refractivity contribution in [2.24, 2.45) is 0 Å². The predicted molar refractivity (Wildman–Crippen MR) is 57.7 cm³/mol. The SMILES string of the molecule is CNc1nc(-c2ncccc2Cl)ns1. The number of nitrogens with one attached hydrogen (secondary N) is 1. The summed E-state index contributed by atoms with van der Waals surface area (Å²) < 4.78 is 4.14. The molecule has 0 aliphatic carbocycles. The van der Waals surface area contributed by atoms with Crippen molar-refractivity contribution in [2.75, 3.05) is 12.4 Å². The van der Waals surface area contributed by atoms with Crippen LogP contribution in [0.5, 0.6) is 0 Å². The van der Waals surface area contributed by atoms with E-state index in [1.54, 1.807) is 25.4 Å². The Morgan fingerprint density at radius 3 is 3.00 bits per heavy atom. The summed E-state index contributed by atoms with van der Waals surface area (Å²) in [4.78, 5) is 8.33. The second kappa shape index (κ2) is 3.89. The molecular weight excluding hydrogens is 220 g/mol. The van der Waals surface area contributed by atoms with Gasteiger partial charge in [-0.3, -0.25) is 4.98 Å². The maximum absolute atomic E-state index is 5.95. The van der Waals surface area contributed by atoms with E-state index in [1.807, 2.05) is 0 Å². The van der Waals surface area contributed by atoms with Gasteiger partial charge in [0.05, 0.1) is 5.02 Å². The fraction of sp³-hybridized carbons (Fsp3) is 0.125. The number of halogens is 1. The second-order valence-corrected chi connectivity index (χ2v) is 3.67. The maximum Gasteiger partial charge on any atom is 0.202 e. The molecule has 0 fully saturated rings. The topological polar surface area (TPSA) is 50.7 Å². The molecule has 2 rings (SSSR count). The minimum atomic E-state index is 0.560. The number of aromatic nitrogens is 3. The molecule has 2 heterocycles. The standard InChI is InChI=1S/C8H7ClN4S/c1-10-8-12-7(13-14-8)6-5(9)3-2-4-11-6/h2-4H,1H3,(H,10,12,13). The highest BCUT2D eigenvalue weighted by molar-refractivity contribution is 7.09. The molecule has 14 heavy (non-hydrogen) atoms. The van der Waals surface area contributed by atoms with Gasteiger partial charge in [0.2, 0.25) is 5.13 Å². The minimum absolute atomic E-state index is 0.560. The molecule has 0 aliphatic heterocycles. The molecule has 0 saturated carbocycles. The van der Waals surface area contributed by atoms with E-state index in [9.17, 15) is 0 Å². The van der Waals surface area contributed by atoms with Crippen molar-refractivity contribution in [3.8, 4) is 11.5 Å². The summed E-state index contributed by atoms with van der Waals surface area (Å²) in [6.45, 7) is 0. The largest absolute Gasteiger partial charge is 0.363 e. The fourth-order valence-corrected chi connectivity index (χ4v) is 1.70. The van der Waals surface area contributed by atoms with Gasteiger partial charge in [0.1, 0.15) is 5.69 Å². The van der Waals surface area contributed by atoms with Gasteiger partial charge in [-0.05, 0) is 12.1 Å². The average molecular weight is 227 g/mol. The molecule has 0 unspecified atom stereocenters. The van der Waals surface area contributed by atoms with E-state index in [4.69, 9.17) is 11.6 Å². The fourth-order valence-electron chi connectivity index (χ4n) is 0.971. The third-order valence-corrected chi connectivity index (χ3v) is 2.65. The Hall–Kier alpha value is -1.20. The summed E-state index contributed by atoms with van der Waals surface area (Å²) in [5.41, 5.74) is 0.618. The zero-order valence-electron chi connectivity index (χ0n) is 7.36. The molecule has 0 saturated heterocycles. The summed E-state index contributed by atoms with van der Waals surface area (Å²) in [6.07, 6.45) is 1.67. The number of pyridine rings is 1. The molecule has 6 heteroatoms. The van der Waals surface area contributed by atoms with Crippen LogP contribution >= 0.6 is 23.1 Å². The summed E-state index contributed by atoms with van der Waals surface area (Å²) in [5.74, 6) is 0.560. The van der Waals surface area contributed by atoms with Crippen molar-refractivity contribution in [2.45, 2.75) is 0 Å². The molecule has 72 valence electrons. The molecule has 0 aliphatic rings. The van der Waals surface area contributed by atoms with E-state index >= 15 is 0 Å². The van der Waals surface area contributed by atoms with Crippen molar-refractivity contribution < 1.29 is 0 Å². The van der Waals surface area contributed by atoms with Crippen LogP contribution < -0.4 is 5.32 Å². The van der Waals surface area contributed by atoms with Crippen molar-refractivity contribution in [1.82, 2.24) is 14.3 Å². The Balaban J connectivity index is 2.44. The maximum atomic E-state index is 5.95. The molecule has 2 aromatic heterocycles. The third kappa shape index (κ3) is 1.69.